The number of nitrogens with two attached hydrogens (primary N) is 1. The Morgan fingerprint density at radius 2 is 2.25 bits per heavy atom. The highest BCUT2D eigenvalue weighted by atomic mass is 16.2. The van der Waals surface area contributed by atoms with Crippen molar-refractivity contribution in [3.8, 4) is 0 Å². The largest absolute Gasteiger partial charge is 0.398 e. The van der Waals surface area contributed by atoms with Crippen LogP contribution in [0.1, 0.15) is 18.4 Å². The van der Waals surface area contributed by atoms with Gasteiger partial charge in [-0.3, -0.25) is 4.79 Å². The van der Waals surface area contributed by atoms with E-state index in [4.69, 9.17) is 5.73 Å². The first kappa shape index (κ1) is 11.0. The van der Waals surface area contributed by atoms with Crippen molar-refractivity contribution in [3.05, 3.63) is 29.8 Å². The molecule has 1 aliphatic heterocycles. The van der Waals surface area contributed by atoms with Gasteiger partial charge in [0, 0.05) is 18.8 Å². The number of carbonyl (C=O) groups excluding carboxylic acids is 1. The maximum absolute atomic E-state index is 11.5. The number of rotatable bonds is 3. The zero-order valence-corrected chi connectivity index (χ0v) is 9.20. The van der Waals surface area contributed by atoms with E-state index in [1.54, 1.807) is 0 Å². The Morgan fingerprint density at radius 1 is 1.44 bits per heavy atom. The maximum atomic E-state index is 11.5. The number of piperidine rings is 1. The zero-order valence-electron chi connectivity index (χ0n) is 9.20. The minimum atomic E-state index is -0.0756. The zero-order chi connectivity index (χ0) is 11.4. The smallest absolute Gasteiger partial charge is 0.237 e. The molecule has 1 amide bonds. The molecule has 1 saturated heterocycles. The van der Waals surface area contributed by atoms with Crippen molar-refractivity contribution in [2.45, 2.75) is 25.4 Å². The number of hydrogen-bond donors (Lipinski definition) is 3. The molecule has 1 aromatic carbocycles. The van der Waals surface area contributed by atoms with Gasteiger partial charge >= 0.3 is 0 Å². The molecule has 4 nitrogen and oxygen atoms in total. The van der Waals surface area contributed by atoms with Gasteiger partial charge in [0.25, 0.3) is 0 Å². The summed E-state index contributed by atoms with van der Waals surface area (Å²) in [4.78, 5) is 11.5. The first-order chi connectivity index (χ1) is 7.77. The van der Waals surface area contributed by atoms with E-state index in [1.807, 2.05) is 24.3 Å². The fourth-order valence-corrected chi connectivity index (χ4v) is 1.90. The third-order valence-corrected chi connectivity index (χ3v) is 2.88. The van der Waals surface area contributed by atoms with Gasteiger partial charge in [-0.05, 0) is 24.5 Å². The summed E-state index contributed by atoms with van der Waals surface area (Å²) < 4.78 is 0. The second kappa shape index (κ2) is 4.99. The number of hydrogen-bond acceptors (Lipinski definition) is 3. The van der Waals surface area contributed by atoms with Crippen LogP contribution in [0, 0.1) is 0 Å². The van der Waals surface area contributed by atoms with E-state index >= 15 is 0 Å². The molecule has 16 heavy (non-hydrogen) atoms. The quantitative estimate of drug-likeness (QED) is 0.653. The van der Waals surface area contributed by atoms with Crippen molar-refractivity contribution in [2.75, 3.05) is 12.3 Å². The van der Waals surface area contributed by atoms with E-state index in [2.05, 4.69) is 10.6 Å². The van der Waals surface area contributed by atoms with Crippen molar-refractivity contribution >= 4 is 11.6 Å². The third kappa shape index (κ3) is 2.52. The van der Waals surface area contributed by atoms with Gasteiger partial charge in [-0.2, -0.15) is 0 Å². The normalized spacial score (nSPS) is 20.5. The Hall–Kier alpha value is -1.55. The van der Waals surface area contributed by atoms with E-state index in [-0.39, 0.29) is 11.9 Å². The van der Waals surface area contributed by atoms with Crippen LogP contribution >= 0.6 is 0 Å². The van der Waals surface area contributed by atoms with Crippen molar-refractivity contribution in [1.29, 1.82) is 0 Å². The van der Waals surface area contributed by atoms with Gasteiger partial charge in [0.15, 0.2) is 0 Å². The summed E-state index contributed by atoms with van der Waals surface area (Å²) in [6.07, 6.45) is 1.94. The second-order valence-electron chi connectivity index (χ2n) is 4.07. The molecule has 0 bridgehead atoms. The second-order valence-corrected chi connectivity index (χ2v) is 4.07. The average molecular weight is 219 g/mol. The van der Waals surface area contributed by atoms with Crippen LogP contribution in [0.15, 0.2) is 24.3 Å². The first-order valence-electron chi connectivity index (χ1n) is 5.62. The van der Waals surface area contributed by atoms with Gasteiger partial charge in [0.2, 0.25) is 5.91 Å². The summed E-state index contributed by atoms with van der Waals surface area (Å²) in [5.74, 6) is 0.0979. The van der Waals surface area contributed by atoms with Crippen molar-refractivity contribution in [3.63, 3.8) is 0 Å². The molecule has 1 unspecified atom stereocenters. The van der Waals surface area contributed by atoms with Gasteiger partial charge in [-0.25, -0.2) is 0 Å². The molecule has 1 fully saturated rings. The topological polar surface area (TPSA) is 67.2 Å². The van der Waals surface area contributed by atoms with Gasteiger partial charge in [0.05, 0.1) is 6.04 Å². The number of nitrogens with one attached hydrogen (secondary N) is 2. The minimum absolute atomic E-state index is 0.0756. The molecular formula is C12H17N3O. The van der Waals surface area contributed by atoms with Gasteiger partial charge in [-0.15, -0.1) is 0 Å². The Balaban J connectivity index is 1.92. The maximum Gasteiger partial charge on any atom is 0.237 e. The Kier molecular flexibility index (Phi) is 3.41. The van der Waals surface area contributed by atoms with Crippen molar-refractivity contribution in [2.24, 2.45) is 0 Å². The van der Waals surface area contributed by atoms with Crippen LogP contribution in [0.25, 0.3) is 0 Å². The molecule has 0 aromatic heterocycles. The van der Waals surface area contributed by atoms with Crippen LogP contribution in [0.4, 0.5) is 5.69 Å². The Bertz CT molecular complexity index is 378. The van der Waals surface area contributed by atoms with E-state index in [1.165, 1.54) is 0 Å². The third-order valence-electron chi connectivity index (χ3n) is 2.88. The summed E-state index contributed by atoms with van der Waals surface area (Å²) in [7, 11) is 0. The molecule has 0 spiro atoms. The lowest BCUT2D eigenvalue weighted by Gasteiger charge is -2.23. The summed E-state index contributed by atoms with van der Waals surface area (Å²) in [6.45, 7) is 1.44. The van der Waals surface area contributed by atoms with Crippen LogP contribution in [-0.4, -0.2) is 18.5 Å². The van der Waals surface area contributed by atoms with Crippen molar-refractivity contribution < 1.29 is 4.79 Å². The molecule has 0 radical (unpaired) electrons. The number of amides is 1. The van der Waals surface area contributed by atoms with E-state index in [9.17, 15) is 4.79 Å². The van der Waals surface area contributed by atoms with Gasteiger partial charge < -0.3 is 16.4 Å². The summed E-state index contributed by atoms with van der Waals surface area (Å²) in [6, 6.07) is 7.63. The molecule has 0 aliphatic carbocycles. The lowest BCUT2D eigenvalue weighted by Crippen LogP contribution is -2.47. The molecule has 4 heteroatoms. The molecule has 1 aliphatic rings. The number of nitrogen functional groups attached to an aromatic ring is 1. The fourth-order valence-electron chi connectivity index (χ4n) is 1.90. The average Bonchev–Trinajstić information content (AvgIpc) is 2.30. The number of carbonyl (C=O) groups is 1. The Morgan fingerprint density at radius 3 is 3.00 bits per heavy atom. The number of benzene rings is 1. The highest BCUT2D eigenvalue weighted by Gasteiger charge is 2.20. The highest BCUT2D eigenvalue weighted by molar-refractivity contribution is 5.82. The van der Waals surface area contributed by atoms with E-state index in [0.29, 0.717) is 6.54 Å². The predicted octanol–water partition coefficient (Wildman–Crippen LogP) is 0.637. The van der Waals surface area contributed by atoms with Crippen LogP contribution < -0.4 is 16.4 Å². The molecule has 0 saturated carbocycles. The lowest BCUT2D eigenvalue weighted by atomic mass is 10.1. The summed E-state index contributed by atoms with van der Waals surface area (Å²) in [5.41, 5.74) is 7.64. The summed E-state index contributed by atoms with van der Waals surface area (Å²) >= 11 is 0. The number of para-hydroxylation sites is 1. The van der Waals surface area contributed by atoms with Crippen LogP contribution in [0.3, 0.4) is 0 Å². The first-order valence-corrected chi connectivity index (χ1v) is 5.62. The lowest BCUT2D eigenvalue weighted by molar-refractivity contribution is -0.124. The Labute approximate surface area is 95.2 Å². The molecular weight excluding hydrogens is 202 g/mol. The van der Waals surface area contributed by atoms with E-state index in [0.717, 1.165) is 30.6 Å². The van der Waals surface area contributed by atoms with E-state index < -0.39 is 0 Å². The molecule has 1 atom stereocenters. The monoisotopic (exact) mass is 219 g/mol. The highest BCUT2D eigenvalue weighted by Crippen LogP contribution is 2.11. The fraction of sp³-hybridized carbons (Fsp3) is 0.417. The molecule has 1 heterocycles. The molecule has 2 rings (SSSR count). The number of anilines is 1. The van der Waals surface area contributed by atoms with Gasteiger partial charge in [-0.1, -0.05) is 18.2 Å². The standard InChI is InChI=1S/C12H17N3O/c13-10-5-2-1-4-9(10)8-15-11-6-3-7-14-12(11)16/h1-2,4-5,11,15H,3,6-8,13H2,(H,14,16). The minimum Gasteiger partial charge on any atom is -0.398 e. The SMILES string of the molecule is Nc1ccccc1CNC1CCCNC1=O. The molecule has 4 N–H and O–H groups in total. The molecule has 86 valence electrons. The van der Waals surface area contributed by atoms with Crippen LogP contribution in [-0.2, 0) is 11.3 Å². The molecule has 1 aromatic rings. The van der Waals surface area contributed by atoms with Crippen molar-refractivity contribution in [1.82, 2.24) is 10.6 Å². The predicted molar refractivity (Wildman–Crippen MR) is 63.7 cm³/mol. The van der Waals surface area contributed by atoms with Crippen LogP contribution in [0.5, 0.6) is 0 Å². The van der Waals surface area contributed by atoms with Gasteiger partial charge in [0.1, 0.15) is 0 Å². The van der Waals surface area contributed by atoms with Crippen LogP contribution in [0.2, 0.25) is 0 Å². The summed E-state index contributed by atoms with van der Waals surface area (Å²) in [5, 5.41) is 6.09.